The van der Waals surface area contributed by atoms with E-state index in [2.05, 4.69) is 16.4 Å². The van der Waals surface area contributed by atoms with Crippen molar-refractivity contribution in [1.82, 2.24) is 4.98 Å². The van der Waals surface area contributed by atoms with Gasteiger partial charge in [-0.3, -0.25) is 4.79 Å². The van der Waals surface area contributed by atoms with Crippen molar-refractivity contribution in [3.8, 4) is 5.75 Å². The summed E-state index contributed by atoms with van der Waals surface area (Å²) in [5.74, 6) is -0.0498. The highest BCUT2D eigenvalue weighted by Crippen LogP contribution is 2.26. The number of para-hydroxylation sites is 1. The number of anilines is 1. The van der Waals surface area contributed by atoms with E-state index in [4.69, 9.17) is 9.88 Å². The van der Waals surface area contributed by atoms with Crippen molar-refractivity contribution in [3.05, 3.63) is 47.5 Å². The summed E-state index contributed by atoms with van der Waals surface area (Å²) in [7, 11) is -2.59. The van der Waals surface area contributed by atoms with Crippen LogP contribution >= 0.6 is 11.3 Å². The summed E-state index contributed by atoms with van der Waals surface area (Å²) in [5, 5.41) is 8.95. The molecule has 3 aromatic rings. The number of benzene rings is 2. The number of methoxy groups -OCH3 is 1. The van der Waals surface area contributed by atoms with E-state index in [-0.39, 0.29) is 16.6 Å². The van der Waals surface area contributed by atoms with E-state index < -0.39 is 10.0 Å². The number of ether oxygens (including phenoxy) is 1. The van der Waals surface area contributed by atoms with Gasteiger partial charge >= 0.3 is 0 Å². The van der Waals surface area contributed by atoms with Crippen LogP contribution in [0.5, 0.6) is 5.75 Å². The predicted molar refractivity (Wildman–Crippen MR) is 110 cm³/mol. The number of amides is 1. The molecule has 0 spiro atoms. The second kappa shape index (κ2) is 8.68. The lowest BCUT2D eigenvalue weighted by atomic mass is 10.2. The number of hydrogen-bond donors (Lipinski definition) is 2. The molecule has 7 nitrogen and oxygen atoms in total. The zero-order valence-corrected chi connectivity index (χ0v) is 17.0. The first kappa shape index (κ1) is 20.2. The second-order valence-corrected chi connectivity index (χ2v) is 8.89. The first-order valence-corrected chi connectivity index (χ1v) is 11.1. The number of nitrogens with zero attached hydrogens (tertiary/aromatic N) is 1. The van der Waals surface area contributed by atoms with Gasteiger partial charge in [-0.1, -0.05) is 12.1 Å². The number of nitrogens with one attached hydrogen (secondary N) is 1. The van der Waals surface area contributed by atoms with E-state index in [0.29, 0.717) is 18.5 Å². The Hall–Kier alpha value is -2.49. The van der Waals surface area contributed by atoms with Crippen molar-refractivity contribution in [2.24, 2.45) is 5.14 Å². The number of aromatic nitrogens is 1. The number of aryl methyl sites for hydroxylation is 1. The van der Waals surface area contributed by atoms with Crippen molar-refractivity contribution in [2.75, 3.05) is 12.4 Å². The molecule has 1 aromatic heterocycles. The predicted octanol–water partition coefficient (Wildman–Crippen LogP) is 3.30. The van der Waals surface area contributed by atoms with E-state index in [1.807, 2.05) is 18.2 Å². The average molecular weight is 420 g/mol. The molecule has 0 saturated carbocycles. The quantitative estimate of drug-likeness (QED) is 0.544. The molecule has 9 heteroatoms. The minimum absolute atomic E-state index is 0.135. The molecule has 3 rings (SSSR count). The monoisotopic (exact) mass is 419 g/mol. The number of rotatable bonds is 8. The number of carbonyl (C=O) groups excluding carboxylic acids is 1. The molecule has 0 atom stereocenters. The van der Waals surface area contributed by atoms with Crippen LogP contribution in [0.4, 0.5) is 5.69 Å². The van der Waals surface area contributed by atoms with Crippen LogP contribution in [0.15, 0.2) is 47.4 Å². The molecule has 2 aromatic carbocycles. The molecule has 3 N–H and O–H groups in total. The average Bonchev–Trinajstić information content (AvgIpc) is 3.07. The Morgan fingerprint density at radius 3 is 2.71 bits per heavy atom. The van der Waals surface area contributed by atoms with Crippen LogP contribution in [0.25, 0.3) is 10.2 Å². The van der Waals surface area contributed by atoms with Crippen LogP contribution in [-0.4, -0.2) is 26.4 Å². The molecule has 148 valence electrons. The zero-order chi connectivity index (χ0) is 20.1. The van der Waals surface area contributed by atoms with Gasteiger partial charge in [0.2, 0.25) is 15.9 Å². The molecule has 0 saturated heterocycles. The van der Waals surface area contributed by atoms with Gasteiger partial charge in [-0.2, -0.15) is 0 Å². The third-order valence-corrected chi connectivity index (χ3v) is 6.16. The van der Waals surface area contributed by atoms with Gasteiger partial charge in [-0.05, 0) is 49.6 Å². The number of thiazole rings is 1. The number of unbranched alkanes of at least 4 members (excludes halogenated alkanes) is 1. The van der Waals surface area contributed by atoms with Crippen molar-refractivity contribution < 1.29 is 17.9 Å². The fraction of sp³-hybridized carbons (Fsp3) is 0.263. The third-order valence-electron chi connectivity index (χ3n) is 4.14. The normalized spacial score (nSPS) is 11.5. The molecular formula is C19H21N3O4S2. The molecule has 0 aliphatic heterocycles. The number of sulfonamides is 1. The van der Waals surface area contributed by atoms with Crippen LogP contribution in [0.3, 0.4) is 0 Å². The topological polar surface area (TPSA) is 111 Å². The Labute approximate surface area is 167 Å². The Morgan fingerprint density at radius 1 is 1.21 bits per heavy atom. The van der Waals surface area contributed by atoms with Crippen molar-refractivity contribution in [3.63, 3.8) is 0 Å². The zero-order valence-electron chi connectivity index (χ0n) is 15.3. The van der Waals surface area contributed by atoms with Crippen LogP contribution in [0.2, 0.25) is 0 Å². The molecular weight excluding hydrogens is 398 g/mol. The maximum Gasteiger partial charge on any atom is 0.241 e. The van der Waals surface area contributed by atoms with E-state index in [0.717, 1.165) is 23.4 Å². The smallest absolute Gasteiger partial charge is 0.241 e. The Kier molecular flexibility index (Phi) is 6.28. The molecule has 0 fully saturated rings. The van der Waals surface area contributed by atoms with Gasteiger partial charge in [0.15, 0.2) is 0 Å². The molecule has 0 unspecified atom stereocenters. The minimum atomic E-state index is -3.95. The number of primary sulfonamides is 1. The molecule has 0 radical (unpaired) electrons. The standard InChI is InChI=1S/C19H21N3O4S2/c1-26-15-11-10-13(12-17(15)28(20,24)25)21-18(23)8-4-5-9-19-22-14-6-2-3-7-16(14)27-19/h2-3,6-7,10-12H,4-5,8-9H2,1H3,(H,21,23)(H2,20,24,25). The summed E-state index contributed by atoms with van der Waals surface area (Å²) in [6.07, 6.45) is 2.71. The first-order valence-electron chi connectivity index (χ1n) is 8.72. The van der Waals surface area contributed by atoms with E-state index in [9.17, 15) is 13.2 Å². The number of carbonyl (C=O) groups is 1. The fourth-order valence-corrected chi connectivity index (χ4v) is 4.52. The molecule has 0 bridgehead atoms. The lowest BCUT2D eigenvalue weighted by molar-refractivity contribution is -0.116. The number of fused-ring (bicyclic) bond motifs is 1. The Balaban J connectivity index is 1.51. The van der Waals surface area contributed by atoms with Crippen molar-refractivity contribution >= 4 is 43.2 Å². The third kappa shape index (κ3) is 5.06. The van der Waals surface area contributed by atoms with Gasteiger partial charge in [-0.15, -0.1) is 11.3 Å². The lowest BCUT2D eigenvalue weighted by Gasteiger charge is -2.10. The SMILES string of the molecule is COc1ccc(NC(=O)CCCCc2nc3ccccc3s2)cc1S(N)(=O)=O. The van der Waals surface area contributed by atoms with Crippen LogP contribution in [0.1, 0.15) is 24.3 Å². The van der Waals surface area contributed by atoms with Gasteiger partial charge in [0, 0.05) is 12.1 Å². The van der Waals surface area contributed by atoms with E-state index in [1.165, 1.54) is 23.9 Å². The summed E-state index contributed by atoms with van der Waals surface area (Å²) >= 11 is 1.67. The highest BCUT2D eigenvalue weighted by atomic mass is 32.2. The van der Waals surface area contributed by atoms with Gasteiger partial charge in [0.05, 0.1) is 22.3 Å². The van der Waals surface area contributed by atoms with Gasteiger partial charge in [-0.25, -0.2) is 18.5 Å². The lowest BCUT2D eigenvalue weighted by Crippen LogP contribution is -2.15. The maximum absolute atomic E-state index is 12.1. The van der Waals surface area contributed by atoms with Gasteiger partial charge in [0.25, 0.3) is 0 Å². The van der Waals surface area contributed by atoms with Gasteiger partial charge < -0.3 is 10.1 Å². The molecule has 1 heterocycles. The summed E-state index contributed by atoms with van der Waals surface area (Å²) in [6, 6.07) is 12.3. The Bertz CT molecular complexity index is 1060. The van der Waals surface area contributed by atoms with Crippen LogP contribution in [0, 0.1) is 0 Å². The molecule has 1 amide bonds. The molecule has 0 aliphatic carbocycles. The number of hydrogen-bond acceptors (Lipinski definition) is 6. The fourth-order valence-electron chi connectivity index (χ4n) is 2.79. The van der Waals surface area contributed by atoms with Crippen LogP contribution < -0.4 is 15.2 Å². The maximum atomic E-state index is 12.1. The Morgan fingerprint density at radius 2 is 2.00 bits per heavy atom. The van der Waals surface area contributed by atoms with Gasteiger partial charge in [0.1, 0.15) is 10.6 Å². The highest BCUT2D eigenvalue weighted by molar-refractivity contribution is 7.89. The van der Waals surface area contributed by atoms with E-state index in [1.54, 1.807) is 17.4 Å². The second-order valence-electron chi connectivity index (χ2n) is 6.24. The van der Waals surface area contributed by atoms with Crippen molar-refractivity contribution in [1.29, 1.82) is 0 Å². The minimum Gasteiger partial charge on any atom is -0.495 e. The van der Waals surface area contributed by atoms with E-state index >= 15 is 0 Å². The van der Waals surface area contributed by atoms with Crippen LogP contribution in [-0.2, 0) is 21.2 Å². The summed E-state index contributed by atoms with van der Waals surface area (Å²) in [5.41, 5.74) is 1.37. The summed E-state index contributed by atoms with van der Waals surface area (Å²) in [4.78, 5) is 16.6. The summed E-state index contributed by atoms with van der Waals surface area (Å²) in [6.45, 7) is 0. The number of nitrogens with two attached hydrogens (primary N) is 1. The summed E-state index contributed by atoms with van der Waals surface area (Å²) < 4.78 is 29.4. The molecule has 0 aliphatic rings. The highest BCUT2D eigenvalue weighted by Gasteiger charge is 2.16. The molecule has 28 heavy (non-hydrogen) atoms. The first-order chi connectivity index (χ1) is 13.4. The van der Waals surface area contributed by atoms with Crippen molar-refractivity contribution in [2.45, 2.75) is 30.6 Å². The largest absolute Gasteiger partial charge is 0.495 e.